The minimum Gasteiger partial charge on any atom is -0.337 e. The quantitative estimate of drug-likeness (QED) is 0.927. The van der Waals surface area contributed by atoms with Gasteiger partial charge in [0.2, 0.25) is 0 Å². The Morgan fingerprint density at radius 3 is 2.95 bits per heavy atom. The maximum atomic E-state index is 12.3. The number of carbonyl (C=O) groups excluding carboxylic acids is 1. The van der Waals surface area contributed by atoms with Gasteiger partial charge in [0.25, 0.3) is 5.91 Å². The van der Waals surface area contributed by atoms with Gasteiger partial charge in [-0.3, -0.25) is 4.79 Å². The summed E-state index contributed by atoms with van der Waals surface area (Å²) in [5, 5.41) is 2.82. The van der Waals surface area contributed by atoms with Crippen molar-refractivity contribution in [2.45, 2.75) is 26.7 Å². The molecule has 0 aliphatic carbocycles. The van der Waals surface area contributed by atoms with E-state index in [0.717, 1.165) is 30.9 Å². The van der Waals surface area contributed by atoms with Crippen molar-refractivity contribution in [3.63, 3.8) is 0 Å². The molecule has 0 bridgehead atoms. The summed E-state index contributed by atoms with van der Waals surface area (Å²) in [6, 6.07) is 0. The third-order valence-corrected chi connectivity index (χ3v) is 4.49. The van der Waals surface area contributed by atoms with Gasteiger partial charge in [-0.1, -0.05) is 13.8 Å². The number of nitrogens with two attached hydrogens (primary N) is 1. The molecular weight excluding hydrogens is 282 g/mol. The molecule has 1 aromatic heterocycles. The maximum absolute atomic E-state index is 12.3. The van der Waals surface area contributed by atoms with Crippen molar-refractivity contribution in [2.75, 3.05) is 19.6 Å². The summed E-state index contributed by atoms with van der Waals surface area (Å²) in [5.41, 5.74) is 6.08. The molecule has 2 N–H and O–H groups in total. The third-order valence-electron chi connectivity index (χ3n) is 3.58. The number of amides is 1. The van der Waals surface area contributed by atoms with Crippen molar-refractivity contribution in [3.05, 3.63) is 16.1 Å². The Bertz CT molecular complexity index is 422. The fraction of sp³-hybridized carbons (Fsp3) is 0.692. The average Bonchev–Trinajstić information content (AvgIpc) is 2.97. The number of thiazole rings is 1. The molecule has 2 heterocycles. The molecule has 0 saturated carbocycles. The number of carbonyl (C=O) groups is 1. The molecule has 0 radical (unpaired) electrons. The molecule has 1 aliphatic heterocycles. The standard InChI is InChI=1S/C13H21N3OS.ClH/c1-9(2)10-4-6-16(7-10)13(17)11-8-18-12(15-11)3-5-14;/h8-10H,3-7,14H2,1-2H3;1H. The van der Waals surface area contributed by atoms with Crippen LogP contribution in [0, 0.1) is 11.8 Å². The van der Waals surface area contributed by atoms with E-state index in [2.05, 4.69) is 18.8 Å². The van der Waals surface area contributed by atoms with Crippen LogP contribution in [-0.2, 0) is 6.42 Å². The Morgan fingerprint density at radius 2 is 2.37 bits per heavy atom. The van der Waals surface area contributed by atoms with Crippen molar-refractivity contribution >= 4 is 29.7 Å². The third kappa shape index (κ3) is 3.91. The van der Waals surface area contributed by atoms with Crippen LogP contribution in [0.3, 0.4) is 0 Å². The Hall–Kier alpha value is -0.650. The van der Waals surface area contributed by atoms with Crippen LogP contribution in [0.5, 0.6) is 0 Å². The van der Waals surface area contributed by atoms with Crippen LogP contribution >= 0.6 is 23.7 Å². The fourth-order valence-corrected chi connectivity index (χ4v) is 3.11. The summed E-state index contributed by atoms with van der Waals surface area (Å²) in [7, 11) is 0. The first-order valence-electron chi connectivity index (χ1n) is 6.55. The van der Waals surface area contributed by atoms with Crippen LogP contribution in [0.2, 0.25) is 0 Å². The topological polar surface area (TPSA) is 59.2 Å². The highest BCUT2D eigenvalue weighted by atomic mass is 35.5. The van der Waals surface area contributed by atoms with Gasteiger partial charge >= 0.3 is 0 Å². The molecule has 1 saturated heterocycles. The molecule has 6 heteroatoms. The van der Waals surface area contributed by atoms with Crippen molar-refractivity contribution in [1.82, 2.24) is 9.88 Å². The van der Waals surface area contributed by atoms with Crippen LogP contribution in [0.15, 0.2) is 5.38 Å². The molecule has 1 amide bonds. The van der Waals surface area contributed by atoms with Crippen molar-refractivity contribution in [2.24, 2.45) is 17.6 Å². The van der Waals surface area contributed by atoms with Crippen LogP contribution in [0.4, 0.5) is 0 Å². The van der Waals surface area contributed by atoms with E-state index in [1.807, 2.05) is 10.3 Å². The zero-order valence-electron chi connectivity index (χ0n) is 11.5. The Morgan fingerprint density at radius 1 is 1.63 bits per heavy atom. The van der Waals surface area contributed by atoms with Crippen molar-refractivity contribution < 1.29 is 4.79 Å². The van der Waals surface area contributed by atoms with E-state index in [4.69, 9.17) is 5.73 Å². The average molecular weight is 304 g/mol. The first-order valence-corrected chi connectivity index (χ1v) is 7.43. The summed E-state index contributed by atoms with van der Waals surface area (Å²) >= 11 is 1.53. The zero-order valence-corrected chi connectivity index (χ0v) is 13.1. The first kappa shape index (κ1) is 16.4. The molecular formula is C13H22ClN3OS. The molecule has 1 unspecified atom stereocenters. The number of hydrogen-bond acceptors (Lipinski definition) is 4. The van der Waals surface area contributed by atoms with Crippen molar-refractivity contribution in [3.8, 4) is 0 Å². The van der Waals surface area contributed by atoms with Crippen LogP contribution in [0.25, 0.3) is 0 Å². The normalized spacial score (nSPS) is 18.7. The van der Waals surface area contributed by atoms with Gasteiger partial charge < -0.3 is 10.6 Å². The molecule has 2 rings (SSSR count). The van der Waals surface area contributed by atoms with Gasteiger partial charge in [-0.05, 0) is 24.8 Å². The van der Waals surface area contributed by atoms with Crippen LogP contribution in [-0.4, -0.2) is 35.4 Å². The summed E-state index contributed by atoms with van der Waals surface area (Å²) in [6.07, 6.45) is 1.87. The Labute approximate surface area is 124 Å². The summed E-state index contributed by atoms with van der Waals surface area (Å²) in [4.78, 5) is 18.6. The molecule has 0 spiro atoms. The number of hydrogen-bond donors (Lipinski definition) is 1. The Balaban J connectivity index is 0.00000180. The fourth-order valence-electron chi connectivity index (χ4n) is 2.33. The van der Waals surface area contributed by atoms with E-state index >= 15 is 0 Å². The second-order valence-corrected chi connectivity index (χ2v) is 6.15. The second-order valence-electron chi connectivity index (χ2n) is 5.21. The number of nitrogens with zero attached hydrogens (tertiary/aromatic N) is 2. The number of aromatic nitrogens is 1. The molecule has 0 aromatic carbocycles. The second kappa shape index (κ2) is 7.22. The molecule has 1 aromatic rings. The van der Waals surface area contributed by atoms with Crippen LogP contribution < -0.4 is 5.73 Å². The highest BCUT2D eigenvalue weighted by molar-refractivity contribution is 7.09. The van der Waals surface area contributed by atoms with Crippen molar-refractivity contribution in [1.29, 1.82) is 0 Å². The minimum absolute atomic E-state index is 0. The summed E-state index contributed by atoms with van der Waals surface area (Å²) in [6.45, 7) is 6.77. The molecule has 19 heavy (non-hydrogen) atoms. The van der Waals surface area contributed by atoms with Gasteiger partial charge in [0.1, 0.15) is 5.69 Å². The van der Waals surface area contributed by atoms with E-state index < -0.39 is 0 Å². The molecule has 1 aliphatic rings. The lowest BCUT2D eigenvalue weighted by atomic mass is 9.95. The van der Waals surface area contributed by atoms with Gasteiger partial charge in [-0.25, -0.2) is 4.98 Å². The van der Waals surface area contributed by atoms with E-state index in [1.165, 1.54) is 11.3 Å². The SMILES string of the molecule is CC(C)C1CCN(C(=O)c2csc(CCN)n2)C1.Cl. The lowest BCUT2D eigenvalue weighted by molar-refractivity contribution is 0.0779. The lowest BCUT2D eigenvalue weighted by Gasteiger charge is -2.17. The summed E-state index contributed by atoms with van der Waals surface area (Å²) < 4.78 is 0. The largest absolute Gasteiger partial charge is 0.337 e. The highest BCUT2D eigenvalue weighted by Crippen LogP contribution is 2.25. The molecule has 4 nitrogen and oxygen atoms in total. The predicted octanol–water partition coefficient (Wildman–Crippen LogP) is 2.18. The highest BCUT2D eigenvalue weighted by Gasteiger charge is 2.29. The molecule has 108 valence electrons. The number of halogens is 1. The lowest BCUT2D eigenvalue weighted by Crippen LogP contribution is -2.29. The minimum atomic E-state index is 0. The van der Waals surface area contributed by atoms with E-state index in [0.29, 0.717) is 24.1 Å². The number of likely N-dealkylation sites (tertiary alicyclic amines) is 1. The van der Waals surface area contributed by atoms with Gasteiger partial charge in [0.05, 0.1) is 5.01 Å². The van der Waals surface area contributed by atoms with Gasteiger partial charge in [-0.2, -0.15) is 0 Å². The van der Waals surface area contributed by atoms with Gasteiger partial charge in [-0.15, -0.1) is 23.7 Å². The monoisotopic (exact) mass is 303 g/mol. The van der Waals surface area contributed by atoms with E-state index in [9.17, 15) is 4.79 Å². The molecule has 1 fully saturated rings. The van der Waals surface area contributed by atoms with E-state index in [1.54, 1.807) is 0 Å². The number of rotatable bonds is 4. The van der Waals surface area contributed by atoms with Gasteiger partial charge in [0.15, 0.2) is 0 Å². The predicted molar refractivity (Wildman–Crippen MR) is 81.0 cm³/mol. The smallest absolute Gasteiger partial charge is 0.273 e. The summed E-state index contributed by atoms with van der Waals surface area (Å²) in [5.74, 6) is 1.36. The zero-order chi connectivity index (χ0) is 13.1. The first-order chi connectivity index (χ1) is 8.61. The maximum Gasteiger partial charge on any atom is 0.273 e. The molecule has 1 atom stereocenters. The van der Waals surface area contributed by atoms with E-state index in [-0.39, 0.29) is 18.3 Å². The Kier molecular flexibility index (Phi) is 6.23. The van der Waals surface area contributed by atoms with Crippen LogP contribution in [0.1, 0.15) is 35.8 Å². The van der Waals surface area contributed by atoms with Gasteiger partial charge in [0, 0.05) is 24.9 Å².